The summed E-state index contributed by atoms with van der Waals surface area (Å²) in [6, 6.07) is 7.05. The van der Waals surface area contributed by atoms with Crippen molar-refractivity contribution in [1.82, 2.24) is 15.1 Å². The van der Waals surface area contributed by atoms with Gasteiger partial charge in [-0.2, -0.15) is 0 Å². The van der Waals surface area contributed by atoms with E-state index in [1.807, 2.05) is 31.2 Å². The first-order chi connectivity index (χ1) is 10.5. The van der Waals surface area contributed by atoms with E-state index in [-0.39, 0.29) is 30.3 Å². The van der Waals surface area contributed by atoms with Crippen molar-refractivity contribution in [1.29, 1.82) is 0 Å². The number of rotatable bonds is 1. The lowest BCUT2D eigenvalue weighted by Gasteiger charge is -2.30. The van der Waals surface area contributed by atoms with Crippen molar-refractivity contribution in [3.63, 3.8) is 0 Å². The Labute approximate surface area is 129 Å². The largest absolute Gasteiger partial charge is 0.326 e. The molecule has 0 saturated carbocycles. The average Bonchev–Trinajstić information content (AvgIpc) is 2.85. The molecule has 1 saturated heterocycles. The van der Waals surface area contributed by atoms with Gasteiger partial charge in [0.05, 0.1) is 6.04 Å². The lowest BCUT2D eigenvalue weighted by atomic mass is 10.0. The van der Waals surface area contributed by atoms with E-state index in [9.17, 15) is 14.4 Å². The zero-order valence-corrected chi connectivity index (χ0v) is 12.7. The van der Waals surface area contributed by atoms with Crippen molar-refractivity contribution in [2.24, 2.45) is 0 Å². The van der Waals surface area contributed by atoms with Crippen LogP contribution in [-0.2, 0) is 16.1 Å². The molecular weight excluding hydrogens is 282 g/mol. The van der Waals surface area contributed by atoms with E-state index >= 15 is 0 Å². The fourth-order valence-electron chi connectivity index (χ4n) is 3.10. The van der Waals surface area contributed by atoms with E-state index in [2.05, 4.69) is 5.32 Å². The quantitative estimate of drug-likeness (QED) is 0.798. The van der Waals surface area contributed by atoms with Crippen molar-refractivity contribution in [3.8, 4) is 0 Å². The lowest BCUT2D eigenvalue weighted by molar-refractivity contribution is -0.147. The summed E-state index contributed by atoms with van der Waals surface area (Å²) in [5.41, 5.74) is 2.27. The highest BCUT2D eigenvalue weighted by molar-refractivity contribution is 6.01. The molecule has 2 unspecified atom stereocenters. The number of likely N-dealkylation sites (N-methyl/N-ethyl adjacent to an activating group) is 1. The molecule has 1 aromatic carbocycles. The standard InChI is InChI=1S/C16H19N3O3/c1-10-12-6-4-3-5-11(12)9-19(10)16(22)17-13-7-8-14(20)18(2)15(13)21/h3-6,10,13H,7-9H2,1-2H3,(H,17,22). The number of nitrogens with one attached hydrogen (secondary N) is 1. The fraction of sp³-hybridized carbons (Fsp3) is 0.438. The van der Waals surface area contributed by atoms with E-state index in [0.717, 1.165) is 16.0 Å². The fourth-order valence-corrected chi connectivity index (χ4v) is 3.10. The number of imide groups is 1. The first-order valence-electron chi connectivity index (χ1n) is 7.44. The maximum Gasteiger partial charge on any atom is 0.318 e. The van der Waals surface area contributed by atoms with E-state index in [1.54, 1.807) is 4.90 Å². The normalized spacial score (nSPS) is 24.5. The molecule has 116 valence electrons. The van der Waals surface area contributed by atoms with Crippen LogP contribution >= 0.6 is 0 Å². The number of hydrogen-bond acceptors (Lipinski definition) is 3. The number of urea groups is 1. The summed E-state index contributed by atoms with van der Waals surface area (Å²) in [5, 5.41) is 2.77. The van der Waals surface area contributed by atoms with Gasteiger partial charge in [-0.1, -0.05) is 24.3 Å². The summed E-state index contributed by atoms with van der Waals surface area (Å²) in [7, 11) is 1.46. The number of benzene rings is 1. The summed E-state index contributed by atoms with van der Waals surface area (Å²) in [4.78, 5) is 38.8. The number of likely N-dealkylation sites (tertiary alicyclic amines) is 1. The van der Waals surface area contributed by atoms with Gasteiger partial charge in [-0.15, -0.1) is 0 Å². The van der Waals surface area contributed by atoms with Crippen molar-refractivity contribution in [2.75, 3.05) is 7.05 Å². The Bertz CT molecular complexity index is 643. The lowest BCUT2D eigenvalue weighted by Crippen LogP contribution is -2.55. The average molecular weight is 301 g/mol. The topological polar surface area (TPSA) is 69.7 Å². The van der Waals surface area contributed by atoms with E-state index in [4.69, 9.17) is 0 Å². The second-order valence-electron chi connectivity index (χ2n) is 5.83. The molecule has 0 aromatic heterocycles. The maximum atomic E-state index is 12.5. The maximum absolute atomic E-state index is 12.5. The van der Waals surface area contributed by atoms with Crippen LogP contribution in [0.15, 0.2) is 24.3 Å². The molecule has 2 aliphatic heterocycles. The van der Waals surface area contributed by atoms with Gasteiger partial charge in [0.2, 0.25) is 5.91 Å². The second-order valence-corrected chi connectivity index (χ2v) is 5.83. The molecule has 22 heavy (non-hydrogen) atoms. The molecule has 6 nitrogen and oxygen atoms in total. The van der Waals surface area contributed by atoms with Gasteiger partial charge in [-0.25, -0.2) is 4.79 Å². The van der Waals surface area contributed by atoms with E-state index in [1.165, 1.54) is 7.05 Å². The molecule has 1 aromatic rings. The summed E-state index contributed by atoms with van der Waals surface area (Å²) in [5.74, 6) is -0.536. The first-order valence-corrected chi connectivity index (χ1v) is 7.44. The third-order valence-corrected chi connectivity index (χ3v) is 4.52. The molecule has 0 radical (unpaired) electrons. The van der Waals surface area contributed by atoms with Crippen LogP contribution in [0.3, 0.4) is 0 Å². The van der Waals surface area contributed by atoms with E-state index < -0.39 is 6.04 Å². The van der Waals surface area contributed by atoms with Crippen LogP contribution in [0.4, 0.5) is 4.79 Å². The van der Waals surface area contributed by atoms with Crippen molar-refractivity contribution < 1.29 is 14.4 Å². The smallest absolute Gasteiger partial charge is 0.318 e. The van der Waals surface area contributed by atoms with Crippen LogP contribution in [-0.4, -0.2) is 40.7 Å². The molecule has 2 atom stereocenters. The van der Waals surface area contributed by atoms with Gasteiger partial charge in [0, 0.05) is 20.0 Å². The molecule has 0 spiro atoms. The van der Waals surface area contributed by atoms with Gasteiger partial charge in [0.25, 0.3) is 5.91 Å². The molecule has 0 aliphatic carbocycles. The molecule has 0 bridgehead atoms. The van der Waals surface area contributed by atoms with Gasteiger partial charge in [-0.05, 0) is 24.5 Å². The first kappa shape index (κ1) is 14.6. The highest BCUT2D eigenvalue weighted by Crippen LogP contribution is 2.32. The zero-order chi connectivity index (χ0) is 15.9. The predicted octanol–water partition coefficient (Wildman–Crippen LogP) is 1.42. The number of piperidine rings is 1. The van der Waals surface area contributed by atoms with Gasteiger partial charge >= 0.3 is 6.03 Å². The molecule has 4 amide bonds. The van der Waals surface area contributed by atoms with Gasteiger partial charge in [-0.3, -0.25) is 14.5 Å². The van der Waals surface area contributed by atoms with Crippen molar-refractivity contribution in [3.05, 3.63) is 35.4 Å². The highest BCUT2D eigenvalue weighted by atomic mass is 16.2. The highest BCUT2D eigenvalue weighted by Gasteiger charge is 2.36. The van der Waals surface area contributed by atoms with E-state index in [0.29, 0.717) is 13.0 Å². The van der Waals surface area contributed by atoms with Crippen molar-refractivity contribution >= 4 is 17.8 Å². The van der Waals surface area contributed by atoms with Crippen LogP contribution in [0, 0.1) is 0 Å². The summed E-state index contributed by atoms with van der Waals surface area (Å²) < 4.78 is 0. The summed E-state index contributed by atoms with van der Waals surface area (Å²) in [6.07, 6.45) is 0.645. The van der Waals surface area contributed by atoms with Crippen LogP contribution in [0.5, 0.6) is 0 Å². The van der Waals surface area contributed by atoms with Gasteiger partial charge < -0.3 is 10.2 Å². The number of fused-ring (bicyclic) bond motifs is 1. The number of carbonyl (C=O) groups excluding carboxylic acids is 3. The molecule has 3 rings (SSSR count). The number of hydrogen-bond donors (Lipinski definition) is 1. The Morgan fingerprint density at radius 1 is 1.27 bits per heavy atom. The minimum absolute atomic E-state index is 0.0192. The predicted molar refractivity (Wildman–Crippen MR) is 79.7 cm³/mol. The van der Waals surface area contributed by atoms with Crippen LogP contribution in [0.1, 0.15) is 36.9 Å². The molecule has 2 heterocycles. The molecule has 1 fully saturated rings. The van der Waals surface area contributed by atoms with Crippen LogP contribution in [0.2, 0.25) is 0 Å². The Hall–Kier alpha value is -2.37. The van der Waals surface area contributed by atoms with Crippen LogP contribution < -0.4 is 5.32 Å². The van der Waals surface area contributed by atoms with Crippen LogP contribution in [0.25, 0.3) is 0 Å². The number of amides is 4. The number of nitrogens with zero attached hydrogens (tertiary/aromatic N) is 2. The van der Waals surface area contributed by atoms with Gasteiger partial charge in [0.1, 0.15) is 6.04 Å². The molecule has 1 N–H and O–H groups in total. The Kier molecular flexibility index (Phi) is 3.60. The second kappa shape index (κ2) is 5.44. The third kappa shape index (κ3) is 2.34. The van der Waals surface area contributed by atoms with Gasteiger partial charge in [0.15, 0.2) is 0 Å². The Morgan fingerprint density at radius 3 is 2.73 bits per heavy atom. The van der Waals surface area contributed by atoms with Crippen molar-refractivity contribution in [2.45, 2.75) is 38.4 Å². The zero-order valence-electron chi connectivity index (χ0n) is 12.7. The number of carbonyl (C=O) groups is 3. The summed E-state index contributed by atoms with van der Waals surface area (Å²) >= 11 is 0. The molecular formula is C16H19N3O3. The monoisotopic (exact) mass is 301 g/mol. The Balaban J connectivity index is 1.69. The third-order valence-electron chi connectivity index (χ3n) is 4.52. The minimum Gasteiger partial charge on any atom is -0.326 e. The molecule has 6 heteroatoms. The summed E-state index contributed by atoms with van der Waals surface area (Å²) in [6.45, 7) is 2.52. The SMILES string of the molecule is CC1c2ccccc2CN1C(=O)NC1CCC(=O)N(C)C1=O. The Morgan fingerprint density at radius 2 is 2.00 bits per heavy atom. The molecule has 2 aliphatic rings. The minimum atomic E-state index is -0.619.